The van der Waals surface area contributed by atoms with Gasteiger partial charge in [0.25, 0.3) is 0 Å². The number of carbonyl (C=O) groups excluding carboxylic acids is 1. The predicted molar refractivity (Wildman–Crippen MR) is 138 cm³/mol. The molecule has 2 saturated heterocycles. The maximum absolute atomic E-state index is 12.2. The molecule has 2 aliphatic heterocycles. The van der Waals surface area contributed by atoms with Gasteiger partial charge in [-0.25, -0.2) is 10.4 Å². The normalized spacial score (nSPS) is 23.6. The zero-order chi connectivity index (χ0) is 24.5. The van der Waals surface area contributed by atoms with Crippen molar-refractivity contribution in [3.05, 3.63) is 66.6 Å². The topological polar surface area (TPSA) is 120 Å². The zero-order valence-corrected chi connectivity index (χ0v) is 20.3. The number of imidazole rings is 1. The average molecular weight is 486 g/mol. The highest BCUT2D eigenvalue weighted by atomic mass is 16.3. The van der Waals surface area contributed by atoms with Crippen LogP contribution in [0.2, 0.25) is 0 Å². The van der Waals surface area contributed by atoms with Gasteiger partial charge in [0, 0.05) is 48.3 Å². The lowest BCUT2D eigenvalue weighted by Crippen LogP contribution is -2.46. The van der Waals surface area contributed by atoms with Crippen LogP contribution in [0.5, 0.6) is 0 Å². The molecule has 1 amide bonds. The first kappa shape index (κ1) is 22.9. The number of fused-ring (bicyclic) bond motifs is 2. The standard InChI is InChI=1S/C27H31N7O2/c1-2-3-7-24(35)30-18-10-17(12-28-13-18)22-11-20-23(14-29-22)33-34-26(20)27-31-21-6-4-5-19(25(21)32-27)16-8-9-36-15-16/h4-6,8-10,12-13,15,20,22-23,26,29,33-34H,2-3,7,11,14H2,1H3,(H,30,35)(H,31,32). The Morgan fingerprint density at radius 2 is 2.17 bits per heavy atom. The van der Waals surface area contributed by atoms with Gasteiger partial charge < -0.3 is 20.0 Å². The Morgan fingerprint density at radius 1 is 1.22 bits per heavy atom. The SMILES string of the molecule is CCCCC(=O)Nc1cncc(C2CC3C(CN2)NNC3c2nc3c(-c4ccoc4)cccc3[nH]2)c1. The number of anilines is 1. The Hall–Kier alpha value is -3.53. The highest BCUT2D eigenvalue weighted by Crippen LogP contribution is 2.39. The maximum Gasteiger partial charge on any atom is 0.224 e. The number of nitrogens with one attached hydrogen (secondary N) is 5. The van der Waals surface area contributed by atoms with E-state index in [1.165, 1.54) is 0 Å². The summed E-state index contributed by atoms with van der Waals surface area (Å²) in [7, 11) is 0. The average Bonchev–Trinajstić information content (AvgIpc) is 3.66. The van der Waals surface area contributed by atoms with Crippen molar-refractivity contribution in [2.45, 2.75) is 50.7 Å². The molecule has 0 saturated carbocycles. The van der Waals surface area contributed by atoms with E-state index in [1.54, 1.807) is 18.7 Å². The second-order valence-electron chi connectivity index (χ2n) is 9.73. The fraction of sp³-hybridized carbons (Fsp3) is 0.370. The molecule has 0 radical (unpaired) electrons. The van der Waals surface area contributed by atoms with Crippen LogP contribution in [-0.4, -0.2) is 33.4 Å². The number of hydrogen-bond donors (Lipinski definition) is 5. The number of pyridine rings is 1. The van der Waals surface area contributed by atoms with Crippen molar-refractivity contribution in [1.29, 1.82) is 0 Å². The molecule has 6 rings (SSSR count). The van der Waals surface area contributed by atoms with Gasteiger partial charge in [-0.15, -0.1) is 0 Å². The summed E-state index contributed by atoms with van der Waals surface area (Å²) in [5, 5.41) is 6.64. The Balaban J connectivity index is 1.22. The molecular weight excluding hydrogens is 454 g/mol. The van der Waals surface area contributed by atoms with Crippen molar-refractivity contribution in [2.24, 2.45) is 5.92 Å². The monoisotopic (exact) mass is 485 g/mol. The van der Waals surface area contributed by atoms with E-state index in [2.05, 4.69) is 50.5 Å². The summed E-state index contributed by atoms with van der Waals surface area (Å²) in [6.45, 7) is 2.91. The molecule has 9 heteroatoms. The molecule has 4 unspecified atom stereocenters. The number of aromatic amines is 1. The second-order valence-corrected chi connectivity index (χ2v) is 9.73. The van der Waals surface area contributed by atoms with E-state index >= 15 is 0 Å². The van der Waals surface area contributed by atoms with Crippen LogP contribution in [-0.2, 0) is 4.79 Å². The van der Waals surface area contributed by atoms with Crippen LogP contribution in [0, 0.1) is 5.92 Å². The van der Waals surface area contributed by atoms with Crippen molar-refractivity contribution >= 4 is 22.6 Å². The van der Waals surface area contributed by atoms with E-state index in [4.69, 9.17) is 9.40 Å². The summed E-state index contributed by atoms with van der Waals surface area (Å²) in [6, 6.07) is 10.7. The van der Waals surface area contributed by atoms with Crippen LogP contribution in [0.3, 0.4) is 0 Å². The number of hydrazine groups is 1. The van der Waals surface area contributed by atoms with Gasteiger partial charge in [0.1, 0.15) is 5.82 Å². The van der Waals surface area contributed by atoms with Gasteiger partial charge >= 0.3 is 0 Å². The van der Waals surface area contributed by atoms with Gasteiger partial charge in [-0.1, -0.05) is 25.5 Å². The van der Waals surface area contributed by atoms with Crippen LogP contribution >= 0.6 is 0 Å². The Morgan fingerprint density at radius 3 is 3.03 bits per heavy atom. The van der Waals surface area contributed by atoms with Gasteiger partial charge in [-0.2, -0.15) is 0 Å². The lowest BCUT2D eigenvalue weighted by molar-refractivity contribution is -0.116. The van der Waals surface area contributed by atoms with Gasteiger partial charge in [0.05, 0.1) is 41.5 Å². The van der Waals surface area contributed by atoms with Crippen LogP contribution < -0.4 is 21.5 Å². The fourth-order valence-electron chi connectivity index (χ4n) is 5.42. The number of para-hydroxylation sites is 1. The molecule has 0 bridgehead atoms. The summed E-state index contributed by atoms with van der Waals surface area (Å²) in [4.78, 5) is 25.2. The quantitative estimate of drug-likeness (QED) is 0.266. The first-order valence-corrected chi connectivity index (χ1v) is 12.7. The third kappa shape index (κ3) is 4.41. The Kier molecular flexibility index (Phi) is 6.27. The lowest BCUT2D eigenvalue weighted by atomic mass is 9.82. The molecule has 4 aromatic rings. The number of aromatic nitrogens is 3. The van der Waals surface area contributed by atoms with Gasteiger partial charge in [0.15, 0.2) is 0 Å². The molecule has 186 valence electrons. The minimum atomic E-state index is 0.0383. The molecule has 5 heterocycles. The molecule has 2 fully saturated rings. The smallest absolute Gasteiger partial charge is 0.224 e. The predicted octanol–water partition coefficient (Wildman–Crippen LogP) is 4.21. The third-order valence-corrected chi connectivity index (χ3v) is 7.32. The van der Waals surface area contributed by atoms with Crippen molar-refractivity contribution < 1.29 is 9.21 Å². The molecule has 0 spiro atoms. The molecule has 0 aliphatic carbocycles. The Bertz CT molecular complexity index is 1350. The van der Waals surface area contributed by atoms with E-state index in [1.807, 2.05) is 24.4 Å². The minimum absolute atomic E-state index is 0.0383. The maximum atomic E-state index is 12.2. The van der Waals surface area contributed by atoms with Gasteiger partial charge in [-0.05, 0) is 36.6 Å². The van der Waals surface area contributed by atoms with E-state index < -0.39 is 0 Å². The number of benzene rings is 1. The fourth-order valence-corrected chi connectivity index (χ4v) is 5.42. The number of H-pyrrole nitrogens is 1. The van der Waals surface area contributed by atoms with Crippen LogP contribution in [0.4, 0.5) is 5.69 Å². The highest BCUT2D eigenvalue weighted by molar-refractivity contribution is 5.92. The lowest BCUT2D eigenvalue weighted by Gasteiger charge is -2.34. The minimum Gasteiger partial charge on any atom is -0.472 e. The van der Waals surface area contributed by atoms with Crippen LogP contribution in [0.1, 0.15) is 56.1 Å². The van der Waals surface area contributed by atoms with Crippen LogP contribution in [0.15, 0.2) is 59.7 Å². The number of carbonyl (C=O) groups is 1. The molecular formula is C27H31N7O2. The van der Waals surface area contributed by atoms with Crippen LogP contribution in [0.25, 0.3) is 22.2 Å². The molecule has 36 heavy (non-hydrogen) atoms. The third-order valence-electron chi connectivity index (χ3n) is 7.32. The molecule has 1 aromatic carbocycles. The highest BCUT2D eigenvalue weighted by Gasteiger charge is 2.42. The van der Waals surface area contributed by atoms with E-state index in [0.717, 1.165) is 65.0 Å². The van der Waals surface area contributed by atoms with Crippen molar-refractivity contribution in [2.75, 3.05) is 11.9 Å². The number of hydrogen-bond acceptors (Lipinski definition) is 7. The number of unbranched alkanes of at least 4 members (excludes halogenated alkanes) is 1. The Labute approximate surface area is 209 Å². The molecule has 3 aromatic heterocycles. The number of furan rings is 1. The summed E-state index contributed by atoms with van der Waals surface area (Å²) < 4.78 is 5.30. The molecule has 4 atom stereocenters. The summed E-state index contributed by atoms with van der Waals surface area (Å²) in [6.07, 6.45) is 10.4. The second kappa shape index (κ2) is 9.85. The van der Waals surface area contributed by atoms with E-state index in [-0.39, 0.29) is 24.0 Å². The van der Waals surface area contributed by atoms with E-state index in [0.29, 0.717) is 12.3 Å². The molecule has 9 nitrogen and oxygen atoms in total. The summed E-state index contributed by atoms with van der Waals surface area (Å²) in [5.74, 6) is 1.30. The van der Waals surface area contributed by atoms with E-state index in [9.17, 15) is 4.79 Å². The molecule has 5 N–H and O–H groups in total. The van der Waals surface area contributed by atoms with Crippen molar-refractivity contribution in [3.8, 4) is 11.1 Å². The number of amides is 1. The first-order chi connectivity index (χ1) is 17.7. The van der Waals surface area contributed by atoms with Gasteiger partial charge in [0.2, 0.25) is 5.91 Å². The van der Waals surface area contributed by atoms with Gasteiger partial charge in [-0.3, -0.25) is 15.2 Å². The summed E-state index contributed by atoms with van der Waals surface area (Å²) in [5.41, 5.74) is 12.8. The first-order valence-electron chi connectivity index (χ1n) is 12.7. The number of piperidine rings is 1. The molecule has 2 aliphatic rings. The zero-order valence-electron chi connectivity index (χ0n) is 20.3. The van der Waals surface area contributed by atoms with Crippen molar-refractivity contribution in [3.63, 3.8) is 0 Å². The summed E-state index contributed by atoms with van der Waals surface area (Å²) >= 11 is 0. The van der Waals surface area contributed by atoms with Crippen molar-refractivity contribution in [1.82, 2.24) is 31.1 Å². The number of nitrogens with zero attached hydrogens (tertiary/aromatic N) is 2. The number of rotatable bonds is 7. The largest absolute Gasteiger partial charge is 0.472 e.